The van der Waals surface area contributed by atoms with Crippen molar-refractivity contribution in [1.29, 1.82) is 0 Å². The highest BCUT2D eigenvalue weighted by molar-refractivity contribution is 5.56. The van der Waals surface area contributed by atoms with E-state index in [1.807, 2.05) is 20.9 Å². The number of benzene rings is 1. The second-order valence-corrected chi connectivity index (χ2v) is 6.02. The number of anilines is 1. The number of hydrogen-bond donors (Lipinski definition) is 2. The molecule has 2 unspecified atom stereocenters. The Morgan fingerprint density at radius 1 is 1.38 bits per heavy atom. The predicted octanol–water partition coefficient (Wildman–Crippen LogP) is 2.33. The van der Waals surface area contributed by atoms with Crippen molar-refractivity contribution in [1.82, 2.24) is 5.32 Å². The largest absolute Gasteiger partial charge is 0.389 e. The maximum Gasteiger partial charge on any atom is 0.0948 e. The molecule has 1 aromatic carbocycles. The van der Waals surface area contributed by atoms with Crippen LogP contribution in [0.1, 0.15) is 38.3 Å². The number of fused-ring (bicyclic) bond motifs is 1. The van der Waals surface area contributed by atoms with Crippen LogP contribution >= 0.6 is 0 Å². The molecule has 4 nitrogen and oxygen atoms in total. The first kappa shape index (κ1) is 16.3. The number of para-hydroxylation sites is 1. The minimum atomic E-state index is -0.452. The fraction of sp³-hybridized carbons (Fsp3) is 0.647. The van der Waals surface area contributed by atoms with Gasteiger partial charge in [0, 0.05) is 24.8 Å². The smallest absolute Gasteiger partial charge is 0.0948 e. The van der Waals surface area contributed by atoms with Crippen LogP contribution in [0.5, 0.6) is 0 Å². The van der Waals surface area contributed by atoms with Crippen LogP contribution in [0, 0.1) is 0 Å². The molecule has 0 saturated heterocycles. The zero-order valence-corrected chi connectivity index (χ0v) is 13.4. The van der Waals surface area contributed by atoms with Crippen molar-refractivity contribution < 1.29 is 9.84 Å². The van der Waals surface area contributed by atoms with Crippen LogP contribution in [0.2, 0.25) is 0 Å². The molecule has 0 bridgehead atoms. The highest BCUT2D eigenvalue weighted by Crippen LogP contribution is 2.32. The summed E-state index contributed by atoms with van der Waals surface area (Å²) in [6.07, 6.45) is 1.96. The van der Waals surface area contributed by atoms with Gasteiger partial charge in [-0.05, 0) is 45.4 Å². The molecule has 4 heteroatoms. The molecule has 0 saturated carbocycles. The van der Waals surface area contributed by atoms with Crippen LogP contribution in [0.4, 0.5) is 5.69 Å². The third-order valence-corrected chi connectivity index (χ3v) is 3.98. The highest BCUT2D eigenvalue weighted by Gasteiger charge is 2.23. The molecule has 21 heavy (non-hydrogen) atoms. The van der Waals surface area contributed by atoms with Gasteiger partial charge in [0.2, 0.25) is 0 Å². The van der Waals surface area contributed by atoms with E-state index in [2.05, 4.69) is 34.5 Å². The molecule has 0 spiro atoms. The molecule has 1 aliphatic heterocycles. The van der Waals surface area contributed by atoms with Crippen molar-refractivity contribution in [2.75, 3.05) is 31.6 Å². The summed E-state index contributed by atoms with van der Waals surface area (Å²) in [5.74, 6) is 0. The van der Waals surface area contributed by atoms with E-state index in [-0.39, 0.29) is 6.10 Å². The van der Waals surface area contributed by atoms with Crippen LogP contribution in [0.3, 0.4) is 0 Å². The van der Waals surface area contributed by atoms with E-state index in [1.54, 1.807) is 0 Å². The summed E-state index contributed by atoms with van der Waals surface area (Å²) in [5.41, 5.74) is 2.56. The molecule has 0 amide bonds. The van der Waals surface area contributed by atoms with Crippen molar-refractivity contribution in [3.8, 4) is 0 Å². The van der Waals surface area contributed by atoms with Gasteiger partial charge in [-0.2, -0.15) is 0 Å². The topological polar surface area (TPSA) is 44.7 Å². The van der Waals surface area contributed by atoms with Gasteiger partial charge in [-0.15, -0.1) is 0 Å². The fourth-order valence-corrected chi connectivity index (χ4v) is 2.93. The van der Waals surface area contributed by atoms with E-state index in [0.29, 0.717) is 19.2 Å². The summed E-state index contributed by atoms with van der Waals surface area (Å²) in [5, 5.41) is 13.6. The maximum absolute atomic E-state index is 10.2. The Hall–Kier alpha value is -1.10. The molecule has 0 fully saturated rings. The molecule has 1 heterocycles. The standard InChI is InChI=1S/C17H28N2O2/c1-13(2)21-12-14(20)11-19-10-6-8-16(18-3)15-7-4-5-9-17(15)19/h4-5,7,9,13-14,16,18,20H,6,8,10-12H2,1-3H3. The summed E-state index contributed by atoms with van der Waals surface area (Å²) in [7, 11) is 2.02. The number of nitrogens with one attached hydrogen (secondary N) is 1. The predicted molar refractivity (Wildman–Crippen MR) is 86.8 cm³/mol. The molecule has 118 valence electrons. The van der Waals surface area contributed by atoms with E-state index in [9.17, 15) is 5.11 Å². The molecule has 2 N–H and O–H groups in total. The number of aliphatic hydroxyl groups excluding tert-OH is 1. The number of rotatable bonds is 6. The second-order valence-electron chi connectivity index (χ2n) is 6.02. The van der Waals surface area contributed by atoms with Gasteiger partial charge in [-0.3, -0.25) is 0 Å². The molecule has 1 aromatic rings. The summed E-state index contributed by atoms with van der Waals surface area (Å²) in [6, 6.07) is 8.90. The van der Waals surface area contributed by atoms with Crippen molar-refractivity contribution >= 4 is 5.69 Å². The van der Waals surface area contributed by atoms with Crippen molar-refractivity contribution in [3.05, 3.63) is 29.8 Å². The summed E-state index contributed by atoms with van der Waals surface area (Å²) in [4.78, 5) is 2.29. The minimum Gasteiger partial charge on any atom is -0.389 e. The first-order valence-electron chi connectivity index (χ1n) is 7.92. The first-order chi connectivity index (χ1) is 10.1. The number of aliphatic hydroxyl groups is 1. The lowest BCUT2D eigenvalue weighted by molar-refractivity contribution is 0.00890. The van der Waals surface area contributed by atoms with Gasteiger partial charge >= 0.3 is 0 Å². The van der Waals surface area contributed by atoms with Crippen molar-refractivity contribution in [2.45, 2.75) is 44.9 Å². The molecule has 0 radical (unpaired) electrons. The third-order valence-electron chi connectivity index (χ3n) is 3.98. The molecule has 2 rings (SSSR count). The Labute approximate surface area is 128 Å². The second kappa shape index (κ2) is 7.78. The number of hydrogen-bond acceptors (Lipinski definition) is 4. The monoisotopic (exact) mass is 292 g/mol. The lowest BCUT2D eigenvalue weighted by Gasteiger charge is -2.28. The minimum absolute atomic E-state index is 0.157. The summed E-state index contributed by atoms with van der Waals surface area (Å²) < 4.78 is 5.52. The maximum atomic E-state index is 10.2. The van der Waals surface area contributed by atoms with Crippen LogP contribution in [-0.2, 0) is 4.74 Å². The van der Waals surface area contributed by atoms with E-state index in [4.69, 9.17) is 4.74 Å². The average molecular weight is 292 g/mol. The van der Waals surface area contributed by atoms with Gasteiger partial charge < -0.3 is 20.1 Å². The lowest BCUT2D eigenvalue weighted by atomic mass is 10.0. The number of β-amino-alcohol motifs (C(OH)–C–C–N with tert-alkyl or cyclic N) is 1. The normalized spacial score (nSPS) is 20.2. The van der Waals surface area contributed by atoms with E-state index < -0.39 is 6.10 Å². The molecule has 1 aliphatic rings. The van der Waals surface area contributed by atoms with Crippen molar-refractivity contribution in [3.63, 3.8) is 0 Å². The fourth-order valence-electron chi connectivity index (χ4n) is 2.93. The molecule has 0 aliphatic carbocycles. The van der Waals surface area contributed by atoms with Crippen molar-refractivity contribution in [2.24, 2.45) is 0 Å². The van der Waals surface area contributed by atoms with E-state index in [1.165, 1.54) is 11.3 Å². The summed E-state index contributed by atoms with van der Waals surface area (Å²) >= 11 is 0. The first-order valence-corrected chi connectivity index (χ1v) is 7.92. The SMILES string of the molecule is CNC1CCCN(CC(O)COC(C)C)c2ccccc21. The average Bonchev–Trinajstić information content (AvgIpc) is 2.65. The Morgan fingerprint density at radius 3 is 2.86 bits per heavy atom. The van der Waals surface area contributed by atoms with Gasteiger partial charge in [-0.25, -0.2) is 0 Å². The van der Waals surface area contributed by atoms with Crippen LogP contribution in [0.15, 0.2) is 24.3 Å². The van der Waals surface area contributed by atoms with Crippen LogP contribution in [0.25, 0.3) is 0 Å². The zero-order valence-electron chi connectivity index (χ0n) is 13.4. The van der Waals surface area contributed by atoms with E-state index >= 15 is 0 Å². The van der Waals surface area contributed by atoms with Crippen LogP contribution in [-0.4, -0.2) is 44.1 Å². The van der Waals surface area contributed by atoms with Crippen LogP contribution < -0.4 is 10.2 Å². The number of ether oxygens (including phenoxy) is 1. The van der Waals surface area contributed by atoms with Gasteiger partial charge in [0.15, 0.2) is 0 Å². The Balaban J connectivity index is 2.09. The Kier molecular flexibility index (Phi) is 6.03. The Morgan fingerprint density at radius 2 is 2.14 bits per heavy atom. The van der Waals surface area contributed by atoms with Gasteiger partial charge in [0.1, 0.15) is 0 Å². The lowest BCUT2D eigenvalue weighted by Crippen LogP contribution is -2.36. The highest BCUT2D eigenvalue weighted by atomic mass is 16.5. The van der Waals surface area contributed by atoms with Gasteiger partial charge in [0.25, 0.3) is 0 Å². The molecular weight excluding hydrogens is 264 g/mol. The van der Waals surface area contributed by atoms with E-state index in [0.717, 1.165) is 19.4 Å². The Bertz CT molecular complexity index is 437. The third kappa shape index (κ3) is 4.43. The number of nitrogens with zero attached hydrogens (tertiary/aromatic N) is 1. The zero-order chi connectivity index (χ0) is 15.2. The van der Waals surface area contributed by atoms with Gasteiger partial charge in [-0.1, -0.05) is 18.2 Å². The molecule has 2 atom stereocenters. The molecule has 0 aromatic heterocycles. The molecular formula is C17H28N2O2. The summed E-state index contributed by atoms with van der Waals surface area (Å²) in [6.45, 7) is 5.98. The quantitative estimate of drug-likeness (QED) is 0.845. The van der Waals surface area contributed by atoms with Gasteiger partial charge in [0.05, 0.1) is 18.8 Å².